The zero-order chi connectivity index (χ0) is 13.4. The van der Waals surface area contributed by atoms with Gasteiger partial charge in [-0.05, 0) is 31.0 Å². The van der Waals surface area contributed by atoms with Crippen LogP contribution in [0.25, 0.3) is 0 Å². The standard InChI is InChI=1S/C14H21FN2O/c1-3-4-5-6-9-16-14(18)17-13-10-12(15)8-7-11(13)2/h7-8,10H,3-6,9H2,1-2H3,(H2,16,17,18). The highest BCUT2D eigenvalue weighted by atomic mass is 19.1. The number of unbranched alkanes of at least 4 members (excludes halogenated alkanes) is 3. The van der Waals surface area contributed by atoms with Crippen LogP contribution < -0.4 is 10.6 Å². The maximum Gasteiger partial charge on any atom is 0.319 e. The van der Waals surface area contributed by atoms with E-state index >= 15 is 0 Å². The molecule has 0 saturated carbocycles. The number of halogens is 1. The quantitative estimate of drug-likeness (QED) is 0.742. The van der Waals surface area contributed by atoms with Crippen molar-refractivity contribution in [3.05, 3.63) is 29.6 Å². The summed E-state index contributed by atoms with van der Waals surface area (Å²) in [6.07, 6.45) is 4.46. The molecule has 0 aliphatic carbocycles. The Labute approximate surface area is 108 Å². The van der Waals surface area contributed by atoms with E-state index in [9.17, 15) is 9.18 Å². The van der Waals surface area contributed by atoms with Gasteiger partial charge in [0.15, 0.2) is 0 Å². The molecule has 0 saturated heterocycles. The maximum atomic E-state index is 13.0. The molecule has 0 heterocycles. The third kappa shape index (κ3) is 5.17. The fourth-order valence-electron chi connectivity index (χ4n) is 1.65. The molecule has 0 spiro atoms. The molecule has 4 heteroatoms. The molecule has 0 bridgehead atoms. The van der Waals surface area contributed by atoms with E-state index in [1.54, 1.807) is 6.07 Å². The van der Waals surface area contributed by atoms with Crippen LogP contribution in [-0.2, 0) is 0 Å². The zero-order valence-corrected chi connectivity index (χ0v) is 11.1. The maximum absolute atomic E-state index is 13.0. The Morgan fingerprint density at radius 1 is 1.28 bits per heavy atom. The summed E-state index contributed by atoms with van der Waals surface area (Å²) in [6, 6.07) is 4.07. The Bertz CT molecular complexity index is 393. The SMILES string of the molecule is CCCCCCNC(=O)Nc1cc(F)ccc1C. The zero-order valence-electron chi connectivity index (χ0n) is 11.1. The van der Waals surface area contributed by atoms with Gasteiger partial charge in [0, 0.05) is 12.2 Å². The first-order valence-electron chi connectivity index (χ1n) is 6.44. The lowest BCUT2D eigenvalue weighted by atomic mass is 10.2. The topological polar surface area (TPSA) is 41.1 Å². The first-order valence-corrected chi connectivity index (χ1v) is 6.44. The van der Waals surface area contributed by atoms with Crippen LogP contribution in [0.4, 0.5) is 14.9 Å². The van der Waals surface area contributed by atoms with Gasteiger partial charge in [-0.3, -0.25) is 0 Å². The molecule has 2 N–H and O–H groups in total. The second-order valence-corrected chi connectivity index (χ2v) is 4.40. The summed E-state index contributed by atoms with van der Waals surface area (Å²) in [5, 5.41) is 5.42. The predicted octanol–water partition coefficient (Wildman–Crippen LogP) is 3.84. The van der Waals surface area contributed by atoms with Gasteiger partial charge in [-0.15, -0.1) is 0 Å². The highest BCUT2D eigenvalue weighted by Gasteiger charge is 2.04. The van der Waals surface area contributed by atoms with Crippen LogP contribution in [-0.4, -0.2) is 12.6 Å². The van der Waals surface area contributed by atoms with Crippen molar-refractivity contribution in [1.29, 1.82) is 0 Å². The van der Waals surface area contributed by atoms with Crippen LogP contribution in [0.15, 0.2) is 18.2 Å². The normalized spacial score (nSPS) is 10.2. The summed E-state index contributed by atoms with van der Waals surface area (Å²) in [4.78, 5) is 11.6. The van der Waals surface area contributed by atoms with Crippen molar-refractivity contribution >= 4 is 11.7 Å². The smallest absolute Gasteiger partial charge is 0.319 e. The van der Waals surface area contributed by atoms with Gasteiger partial charge in [0.05, 0.1) is 0 Å². The molecule has 0 aliphatic rings. The van der Waals surface area contributed by atoms with Gasteiger partial charge >= 0.3 is 6.03 Å². The summed E-state index contributed by atoms with van der Waals surface area (Å²) >= 11 is 0. The fraction of sp³-hybridized carbons (Fsp3) is 0.500. The predicted molar refractivity (Wildman–Crippen MR) is 72.3 cm³/mol. The first kappa shape index (κ1) is 14.5. The average Bonchev–Trinajstić information content (AvgIpc) is 2.33. The van der Waals surface area contributed by atoms with E-state index in [4.69, 9.17) is 0 Å². The van der Waals surface area contributed by atoms with Crippen LogP contribution in [0.3, 0.4) is 0 Å². The molecule has 0 aliphatic heterocycles. The third-order valence-corrected chi connectivity index (χ3v) is 2.76. The van der Waals surface area contributed by atoms with E-state index in [-0.39, 0.29) is 11.8 Å². The van der Waals surface area contributed by atoms with E-state index in [0.29, 0.717) is 12.2 Å². The number of urea groups is 1. The Balaban J connectivity index is 2.33. The van der Waals surface area contributed by atoms with Gasteiger partial charge in [-0.2, -0.15) is 0 Å². The summed E-state index contributed by atoms with van der Waals surface area (Å²) in [7, 11) is 0. The second-order valence-electron chi connectivity index (χ2n) is 4.40. The average molecular weight is 252 g/mol. The van der Waals surface area contributed by atoms with E-state index < -0.39 is 0 Å². The molecular formula is C14H21FN2O. The summed E-state index contributed by atoms with van der Waals surface area (Å²) in [5.41, 5.74) is 1.36. The molecule has 1 aromatic carbocycles. The number of aryl methyl sites for hydroxylation is 1. The third-order valence-electron chi connectivity index (χ3n) is 2.76. The van der Waals surface area contributed by atoms with Crippen molar-refractivity contribution in [3.63, 3.8) is 0 Å². The van der Waals surface area contributed by atoms with E-state index in [2.05, 4.69) is 17.6 Å². The lowest BCUT2D eigenvalue weighted by molar-refractivity contribution is 0.252. The number of amides is 2. The number of nitrogens with one attached hydrogen (secondary N) is 2. The number of benzene rings is 1. The summed E-state index contributed by atoms with van der Waals surface area (Å²) in [6.45, 7) is 4.63. The largest absolute Gasteiger partial charge is 0.338 e. The fourth-order valence-corrected chi connectivity index (χ4v) is 1.65. The highest BCUT2D eigenvalue weighted by Crippen LogP contribution is 2.15. The number of anilines is 1. The van der Waals surface area contributed by atoms with Crippen molar-refractivity contribution in [3.8, 4) is 0 Å². The minimum absolute atomic E-state index is 0.278. The molecule has 0 radical (unpaired) electrons. The van der Waals surface area contributed by atoms with Crippen LogP contribution in [0.1, 0.15) is 38.2 Å². The molecule has 100 valence electrons. The number of carbonyl (C=O) groups excluding carboxylic acids is 1. The van der Waals surface area contributed by atoms with Crippen molar-refractivity contribution < 1.29 is 9.18 Å². The van der Waals surface area contributed by atoms with Gasteiger partial charge in [0.1, 0.15) is 5.82 Å². The molecule has 0 unspecified atom stereocenters. The Hall–Kier alpha value is -1.58. The molecule has 3 nitrogen and oxygen atoms in total. The van der Waals surface area contributed by atoms with E-state index in [1.807, 2.05) is 6.92 Å². The van der Waals surface area contributed by atoms with Crippen LogP contribution in [0, 0.1) is 12.7 Å². The minimum Gasteiger partial charge on any atom is -0.338 e. The lowest BCUT2D eigenvalue weighted by Crippen LogP contribution is -2.29. The van der Waals surface area contributed by atoms with Gasteiger partial charge in [0.25, 0.3) is 0 Å². The molecular weight excluding hydrogens is 231 g/mol. The van der Waals surface area contributed by atoms with Crippen LogP contribution in [0.2, 0.25) is 0 Å². The van der Waals surface area contributed by atoms with Gasteiger partial charge < -0.3 is 10.6 Å². The lowest BCUT2D eigenvalue weighted by Gasteiger charge is -2.09. The monoisotopic (exact) mass is 252 g/mol. The molecule has 0 aromatic heterocycles. The number of hydrogen-bond acceptors (Lipinski definition) is 1. The number of hydrogen-bond donors (Lipinski definition) is 2. The summed E-state index contributed by atoms with van der Waals surface area (Å²) in [5.74, 6) is -0.348. The molecule has 18 heavy (non-hydrogen) atoms. The Morgan fingerprint density at radius 3 is 2.78 bits per heavy atom. The van der Waals surface area contributed by atoms with Crippen molar-refractivity contribution in [1.82, 2.24) is 5.32 Å². The molecule has 0 fully saturated rings. The first-order chi connectivity index (χ1) is 8.63. The number of rotatable bonds is 6. The second kappa shape index (κ2) is 7.69. The van der Waals surface area contributed by atoms with Crippen molar-refractivity contribution in [2.24, 2.45) is 0 Å². The Morgan fingerprint density at radius 2 is 2.06 bits per heavy atom. The molecule has 1 aromatic rings. The molecule has 1 rings (SSSR count). The van der Waals surface area contributed by atoms with E-state index in [1.165, 1.54) is 25.0 Å². The Kier molecular flexibility index (Phi) is 6.19. The number of carbonyl (C=O) groups is 1. The summed E-state index contributed by atoms with van der Waals surface area (Å²) < 4.78 is 13.0. The van der Waals surface area contributed by atoms with Crippen LogP contribution in [0.5, 0.6) is 0 Å². The van der Waals surface area contributed by atoms with E-state index in [0.717, 1.165) is 18.4 Å². The van der Waals surface area contributed by atoms with Gasteiger partial charge in [-0.1, -0.05) is 32.3 Å². The molecule has 0 atom stereocenters. The van der Waals surface area contributed by atoms with Crippen molar-refractivity contribution in [2.45, 2.75) is 39.5 Å². The van der Waals surface area contributed by atoms with Crippen molar-refractivity contribution in [2.75, 3.05) is 11.9 Å². The van der Waals surface area contributed by atoms with Crippen LogP contribution >= 0.6 is 0 Å². The highest BCUT2D eigenvalue weighted by molar-refractivity contribution is 5.89. The minimum atomic E-state index is -0.348. The molecule has 2 amide bonds. The van der Waals surface area contributed by atoms with Gasteiger partial charge in [-0.25, -0.2) is 9.18 Å². The van der Waals surface area contributed by atoms with Gasteiger partial charge in [0.2, 0.25) is 0 Å².